The number of rotatable bonds is 4. The van der Waals surface area contributed by atoms with Gasteiger partial charge in [-0.1, -0.05) is 29.4 Å². The van der Waals surface area contributed by atoms with Crippen LogP contribution in [0.4, 0.5) is 4.39 Å². The largest absolute Gasteiger partial charge is 0.309 e. The van der Waals surface area contributed by atoms with E-state index in [9.17, 15) is 12.8 Å². The number of hydrogen-bond acceptors (Lipinski definition) is 5. The second kappa shape index (κ2) is 6.41. The Labute approximate surface area is 143 Å². The molecule has 1 aliphatic rings. The highest BCUT2D eigenvalue weighted by Crippen LogP contribution is 2.31. The number of halogens is 2. The first-order valence-electron chi connectivity index (χ1n) is 7.02. The molecule has 0 aliphatic carbocycles. The van der Waals surface area contributed by atoms with Crippen LogP contribution in [-0.4, -0.2) is 34.7 Å². The number of nitrogens with zero attached hydrogens (tertiary/aromatic N) is 3. The fourth-order valence-electron chi connectivity index (χ4n) is 2.59. The highest BCUT2D eigenvalue weighted by molar-refractivity contribution is 7.98. The molecule has 1 fully saturated rings. The molecule has 0 amide bonds. The van der Waals surface area contributed by atoms with Crippen LogP contribution < -0.4 is 0 Å². The number of aromatic nitrogens is 3. The normalized spacial score (nSPS) is 20.0. The Balaban J connectivity index is 1.72. The third-order valence-electron chi connectivity index (χ3n) is 3.84. The lowest BCUT2D eigenvalue weighted by Crippen LogP contribution is -2.09. The van der Waals surface area contributed by atoms with Crippen molar-refractivity contribution in [2.45, 2.75) is 23.2 Å². The Morgan fingerprint density at radius 1 is 1.43 bits per heavy atom. The number of hydrogen-bond donors (Lipinski definition) is 0. The molecule has 2 aromatic rings. The molecule has 0 radical (unpaired) electrons. The van der Waals surface area contributed by atoms with Crippen LogP contribution in [0, 0.1) is 5.82 Å². The molecule has 2 heterocycles. The van der Waals surface area contributed by atoms with Gasteiger partial charge < -0.3 is 4.57 Å². The van der Waals surface area contributed by atoms with Crippen LogP contribution in [0.2, 0.25) is 5.02 Å². The van der Waals surface area contributed by atoms with E-state index < -0.39 is 9.84 Å². The molecule has 0 bridgehead atoms. The quantitative estimate of drug-likeness (QED) is 0.769. The summed E-state index contributed by atoms with van der Waals surface area (Å²) >= 11 is 7.45. The summed E-state index contributed by atoms with van der Waals surface area (Å²) in [5.74, 6) is 1.10. The van der Waals surface area contributed by atoms with Crippen LogP contribution in [0.25, 0.3) is 0 Å². The topological polar surface area (TPSA) is 64.8 Å². The highest BCUT2D eigenvalue weighted by atomic mass is 35.5. The lowest BCUT2D eigenvalue weighted by Gasteiger charge is -2.08. The maximum absolute atomic E-state index is 13.0. The van der Waals surface area contributed by atoms with Crippen LogP contribution in [0.5, 0.6) is 0 Å². The summed E-state index contributed by atoms with van der Waals surface area (Å²) in [4.78, 5) is 0. The van der Waals surface area contributed by atoms with Gasteiger partial charge in [-0.2, -0.15) is 0 Å². The van der Waals surface area contributed by atoms with Gasteiger partial charge in [0.25, 0.3) is 0 Å². The van der Waals surface area contributed by atoms with Crippen LogP contribution in [0.15, 0.2) is 23.4 Å². The van der Waals surface area contributed by atoms with Crippen LogP contribution in [0.1, 0.15) is 23.7 Å². The molecule has 1 unspecified atom stereocenters. The van der Waals surface area contributed by atoms with Crippen LogP contribution in [-0.2, 0) is 22.6 Å². The van der Waals surface area contributed by atoms with Gasteiger partial charge in [0.1, 0.15) is 11.6 Å². The predicted molar refractivity (Wildman–Crippen MR) is 88.0 cm³/mol. The Bertz CT molecular complexity index is 839. The van der Waals surface area contributed by atoms with Crippen molar-refractivity contribution in [2.75, 3.05) is 11.5 Å². The number of sulfone groups is 1. The molecule has 9 heteroatoms. The van der Waals surface area contributed by atoms with Crippen molar-refractivity contribution in [3.63, 3.8) is 0 Å². The van der Waals surface area contributed by atoms with E-state index in [1.165, 1.54) is 23.9 Å². The zero-order valence-electron chi connectivity index (χ0n) is 12.4. The van der Waals surface area contributed by atoms with Crippen molar-refractivity contribution in [1.29, 1.82) is 0 Å². The summed E-state index contributed by atoms with van der Waals surface area (Å²) in [7, 11) is -1.13. The van der Waals surface area contributed by atoms with Gasteiger partial charge in [-0.25, -0.2) is 12.8 Å². The molecule has 0 saturated carbocycles. The minimum atomic E-state index is -2.96. The van der Waals surface area contributed by atoms with E-state index in [2.05, 4.69) is 10.2 Å². The Morgan fingerprint density at radius 2 is 2.22 bits per heavy atom. The zero-order valence-corrected chi connectivity index (χ0v) is 14.8. The lowest BCUT2D eigenvalue weighted by molar-refractivity contribution is 0.599. The molecule has 0 spiro atoms. The zero-order chi connectivity index (χ0) is 16.6. The third kappa shape index (κ3) is 3.70. The van der Waals surface area contributed by atoms with Crippen molar-refractivity contribution < 1.29 is 12.8 Å². The van der Waals surface area contributed by atoms with E-state index in [0.29, 0.717) is 28.2 Å². The Kier molecular flexibility index (Phi) is 4.66. The standard InChI is InChI=1S/C14H15ClFN3O2S2/c1-19-13(10-4-5-23(20,21)8-10)17-18-14(19)22-7-9-2-3-11(16)6-12(9)15/h2-3,6,10H,4-5,7-8H2,1H3. The van der Waals surface area contributed by atoms with Gasteiger partial charge in [-0.15, -0.1) is 10.2 Å². The molecule has 23 heavy (non-hydrogen) atoms. The van der Waals surface area contributed by atoms with Gasteiger partial charge in [0.15, 0.2) is 15.0 Å². The maximum Gasteiger partial charge on any atom is 0.191 e. The van der Waals surface area contributed by atoms with E-state index in [4.69, 9.17) is 11.6 Å². The average Bonchev–Trinajstić information content (AvgIpc) is 3.01. The number of thioether (sulfide) groups is 1. The van der Waals surface area contributed by atoms with E-state index in [1.807, 2.05) is 11.6 Å². The molecule has 0 N–H and O–H groups in total. The number of benzene rings is 1. The van der Waals surface area contributed by atoms with Gasteiger partial charge in [-0.05, 0) is 24.1 Å². The maximum atomic E-state index is 13.0. The van der Waals surface area contributed by atoms with Crippen molar-refractivity contribution in [2.24, 2.45) is 7.05 Å². The molecule has 1 aliphatic heterocycles. The first kappa shape index (κ1) is 16.7. The second-order valence-electron chi connectivity index (χ2n) is 5.52. The summed E-state index contributed by atoms with van der Waals surface area (Å²) < 4.78 is 38.1. The third-order valence-corrected chi connectivity index (χ3v) is 7.03. The van der Waals surface area contributed by atoms with Gasteiger partial charge in [0, 0.05) is 23.7 Å². The van der Waals surface area contributed by atoms with E-state index in [0.717, 1.165) is 5.56 Å². The average molecular weight is 376 g/mol. The van der Waals surface area contributed by atoms with Crippen molar-refractivity contribution in [1.82, 2.24) is 14.8 Å². The summed E-state index contributed by atoms with van der Waals surface area (Å²) in [6.45, 7) is 0. The van der Waals surface area contributed by atoms with Crippen LogP contribution in [0.3, 0.4) is 0 Å². The molecule has 124 valence electrons. The molecule has 1 saturated heterocycles. The second-order valence-corrected chi connectivity index (χ2v) is 9.10. The summed E-state index contributed by atoms with van der Waals surface area (Å²) in [6, 6.07) is 4.29. The minimum absolute atomic E-state index is 0.0961. The molecule has 3 rings (SSSR count). The SMILES string of the molecule is Cn1c(SCc2ccc(F)cc2Cl)nnc1C1CCS(=O)(=O)C1. The van der Waals surface area contributed by atoms with Gasteiger partial charge in [0.05, 0.1) is 11.5 Å². The summed E-state index contributed by atoms with van der Waals surface area (Å²) in [5, 5.41) is 9.34. The first-order chi connectivity index (χ1) is 10.9. The van der Waals surface area contributed by atoms with Crippen LogP contribution >= 0.6 is 23.4 Å². The first-order valence-corrected chi connectivity index (χ1v) is 10.2. The van der Waals surface area contributed by atoms with E-state index in [-0.39, 0.29) is 23.2 Å². The molecular weight excluding hydrogens is 361 g/mol. The van der Waals surface area contributed by atoms with Crippen molar-refractivity contribution >= 4 is 33.2 Å². The van der Waals surface area contributed by atoms with Gasteiger partial charge in [0.2, 0.25) is 0 Å². The van der Waals surface area contributed by atoms with Gasteiger partial charge >= 0.3 is 0 Å². The van der Waals surface area contributed by atoms with Gasteiger partial charge in [-0.3, -0.25) is 0 Å². The van der Waals surface area contributed by atoms with E-state index >= 15 is 0 Å². The van der Waals surface area contributed by atoms with Crippen molar-refractivity contribution in [3.05, 3.63) is 40.4 Å². The Hall–Kier alpha value is -1.12. The summed E-state index contributed by atoms with van der Waals surface area (Å²) in [5.41, 5.74) is 0.811. The van der Waals surface area contributed by atoms with E-state index in [1.54, 1.807) is 6.07 Å². The fraction of sp³-hybridized carbons (Fsp3) is 0.429. The fourth-order valence-corrected chi connectivity index (χ4v) is 5.56. The predicted octanol–water partition coefficient (Wildman–Crippen LogP) is 2.80. The lowest BCUT2D eigenvalue weighted by atomic mass is 10.1. The highest BCUT2D eigenvalue weighted by Gasteiger charge is 2.32. The summed E-state index contributed by atoms with van der Waals surface area (Å²) in [6.07, 6.45) is 0.586. The minimum Gasteiger partial charge on any atom is -0.309 e. The molecular formula is C14H15ClFN3O2S2. The molecule has 1 aromatic heterocycles. The molecule has 5 nitrogen and oxygen atoms in total. The van der Waals surface area contributed by atoms with Crippen molar-refractivity contribution in [3.8, 4) is 0 Å². The Morgan fingerprint density at radius 3 is 2.87 bits per heavy atom. The smallest absolute Gasteiger partial charge is 0.191 e. The molecule has 1 aromatic carbocycles. The monoisotopic (exact) mass is 375 g/mol. The molecule has 1 atom stereocenters.